The lowest BCUT2D eigenvalue weighted by atomic mass is 10.2. The average Bonchev–Trinajstić information content (AvgIpc) is 3.12. The zero-order valence-corrected chi connectivity index (χ0v) is 18.0. The first-order valence-corrected chi connectivity index (χ1v) is 11.3. The van der Waals surface area contributed by atoms with E-state index in [0.29, 0.717) is 10.5 Å². The van der Waals surface area contributed by atoms with Gasteiger partial charge in [-0.2, -0.15) is 0 Å². The molecular weight excluding hydrogens is 442 g/mol. The average molecular weight is 462 g/mol. The first-order valence-electron chi connectivity index (χ1n) is 9.05. The normalized spacial score (nSPS) is 11.1. The minimum atomic E-state index is -3.57. The van der Waals surface area contributed by atoms with Crippen molar-refractivity contribution < 1.29 is 18.1 Å². The van der Waals surface area contributed by atoms with Crippen molar-refractivity contribution in [3.8, 4) is 5.69 Å². The van der Waals surface area contributed by atoms with Gasteiger partial charge in [0.05, 0.1) is 9.82 Å². The summed E-state index contributed by atoms with van der Waals surface area (Å²) in [7, 11) is -3.57. The van der Waals surface area contributed by atoms with Gasteiger partial charge in [-0.1, -0.05) is 18.2 Å². The van der Waals surface area contributed by atoms with Crippen LogP contribution in [-0.2, 0) is 9.84 Å². The SMILES string of the molecule is CS(=O)(=O)c1ccc(NCCNC(=O)c2c[nH]c(=S)n2-c2ccccc2)c([N+](=O)[O-])c1. The second-order valence-electron chi connectivity index (χ2n) is 6.54. The quantitative estimate of drug-likeness (QED) is 0.203. The highest BCUT2D eigenvalue weighted by molar-refractivity contribution is 7.90. The number of hydrogen-bond donors (Lipinski definition) is 3. The van der Waals surface area contributed by atoms with E-state index in [2.05, 4.69) is 15.6 Å². The Bertz CT molecular complexity index is 1280. The molecule has 0 fully saturated rings. The lowest BCUT2D eigenvalue weighted by Gasteiger charge is -2.11. The molecule has 0 spiro atoms. The molecule has 0 atom stereocenters. The number of aromatic amines is 1. The molecule has 162 valence electrons. The number of nitrogens with zero attached hydrogens (tertiary/aromatic N) is 2. The standard InChI is InChI=1S/C19H19N5O5S2/c1-31(28,29)14-7-8-15(16(11-14)24(26)27)20-9-10-21-18(25)17-12-22-19(30)23(17)13-5-3-2-4-6-13/h2-8,11-12,20H,9-10H2,1H3,(H,21,25)(H,22,30). The van der Waals surface area contributed by atoms with Crippen molar-refractivity contribution in [3.63, 3.8) is 0 Å². The van der Waals surface area contributed by atoms with Crippen LogP contribution in [0.25, 0.3) is 5.69 Å². The van der Waals surface area contributed by atoms with Crippen LogP contribution in [0.3, 0.4) is 0 Å². The van der Waals surface area contributed by atoms with E-state index in [1.807, 2.05) is 30.3 Å². The second-order valence-corrected chi connectivity index (χ2v) is 8.94. The molecule has 31 heavy (non-hydrogen) atoms. The molecule has 0 aliphatic heterocycles. The predicted molar refractivity (Wildman–Crippen MR) is 118 cm³/mol. The van der Waals surface area contributed by atoms with Crippen molar-refractivity contribution >= 4 is 39.3 Å². The summed E-state index contributed by atoms with van der Waals surface area (Å²) in [6.45, 7) is 0.345. The Hall–Kier alpha value is -3.51. The van der Waals surface area contributed by atoms with Gasteiger partial charge in [0.2, 0.25) is 0 Å². The number of hydrogen-bond acceptors (Lipinski definition) is 7. The van der Waals surface area contributed by atoms with Crippen LogP contribution in [0.15, 0.2) is 59.6 Å². The van der Waals surface area contributed by atoms with Crippen molar-refractivity contribution in [3.05, 3.63) is 75.3 Å². The highest BCUT2D eigenvalue weighted by Crippen LogP contribution is 2.27. The molecule has 3 aromatic rings. The van der Waals surface area contributed by atoms with Crippen LogP contribution in [0.4, 0.5) is 11.4 Å². The van der Waals surface area contributed by atoms with Crippen LogP contribution in [-0.4, -0.2) is 48.1 Å². The van der Waals surface area contributed by atoms with Gasteiger partial charge in [-0.05, 0) is 36.5 Å². The molecule has 12 heteroatoms. The summed E-state index contributed by atoms with van der Waals surface area (Å²) in [6.07, 6.45) is 2.48. The Kier molecular flexibility index (Phi) is 6.51. The number of benzene rings is 2. The molecule has 10 nitrogen and oxygen atoms in total. The summed E-state index contributed by atoms with van der Waals surface area (Å²) in [5.74, 6) is -0.375. The first kappa shape index (κ1) is 22.2. The molecule has 0 saturated carbocycles. The maximum absolute atomic E-state index is 12.6. The number of nitro benzene ring substituents is 1. The molecule has 0 saturated heterocycles. The van der Waals surface area contributed by atoms with E-state index in [-0.39, 0.29) is 35.3 Å². The van der Waals surface area contributed by atoms with Gasteiger partial charge in [-0.15, -0.1) is 0 Å². The largest absolute Gasteiger partial charge is 0.378 e. The zero-order valence-electron chi connectivity index (χ0n) is 16.4. The number of nitro groups is 1. The fourth-order valence-electron chi connectivity index (χ4n) is 2.88. The molecule has 3 rings (SSSR count). The third-order valence-electron chi connectivity index (χ3n) is 4.34. The number of aromatic nitrogens is 2. The molecule has 0 aliphatic rings. The molecule has 0 unspecified atom stereocenters. The fraction of sp³-hybridized carbons (Fsp3) is 0.158. The molecule has 0 bridgehead atoms. The van der Waals surface area contributed by atoms with Crippen molar-refractivity contribution in [2.24, 2.45) is 0 Å². The molecule has 1 amide bonds. The number of carbonyl (C=O) groups excluding carboxylic acids is 1. The Morgan fingerprint density at radius 3 is 2.55 bits per heavy atom. The molecule has 0 aliphatic carbocycles. The van der Waals surface area contributed by atoms with E-state index in [9.17, 15) is 23.3 Å². The van der Waals surface area contributed by atoms with Crippen molar-refractivity contribution in [1.29, 1.82) is 0 Å². The second kappa shape index (κ2) is 9.10. The molecule has 3 N–H and O–H groups in total. The zero-order chi connectivity index (χ0) is 22.6. The van der Waals surface area contributed by atoms with E-state index in [0.717, 1.165) is 18.0 Å². The molecule has 2 aromatic carbocycles. The number of nitrogens with one attached hydrogen (secondary N) is 3. The first-order chi connectivity index (χ1) is 14.7. The van der Waals surface area contributed by atoms with Gasteiger partial charge in [0, 0.05) is 37.3 Å². The van der Waals surface area contributed by atoms with E-state index in [1.165, 1.54) is 18.3 Å². The van der Waals surface area contributed by atoms with Gasteiger partial charge < -0.3 is 15.6 Å². The van der Waals surface area contributed by atoms with Crippen LogP contribution in [0.5, 0.6) is 0 Å². The summed E-state index contributed by atoms with van der Waals surface area (Å²) in [4.78, 5) is 25.9. The fourth-order valence-corrected chi connectivity index (χ4v) is 3.78. The summed E-state index contributed by atoms with van der Waals surface area (Å²) in [6, 6.07) is 12.8. The Labute approximate surface area is 183 Å². The molecule has 1 heterocycles. The summed E-state index contributed by atoms with van der Waals surface area (Å²) < 4.78 is 25.2. The lowest BCUT2D eigenvalue weighted by molar-refractivity contribution is -0.384. The van der Waals surface area contributed by atoms with Crippen LogP contribution in [0.1, 0.15) is 10.5 Å². The highest BCUT2D eigenvalue weighted by Gasteiger charge is 2.19. The van der Waals surface area contributed by atoms with Gasteiger partial charge in [0.15, 0.2) is 14.6 Å². The third kappa shape index (κ3) is 5.16. The smallest absolute Gasteiger partial charge is 0.293 e. The maximum atomic E-state index is 12.6. The van der Waals surface area contributed by atoms with Crippen molar-refractivity contribution in [2.75, 3.05) is 24.7 Å². The Balaban J connectivity index is 1.67. The number of carbonyl (C=O) groups is 1. The molecular formula is C19H19N5O5S2. The highest BCUT2D eigenvalue weighted by atomic mass is 32.2. The maximum Gasteiger partial charge on any atom is 0.293 e. The number of rotatable bonds is 8. The van der Waals surface area contributed by atoms with Gasteiger partial charge in [-0.3, -0.25) is 19.5 Å². The number of imidazole rings is 1. The van der Waals surface area contributed by atoms with Gasteiger partial charge in [0.1, 0.15) is 11.4 Å². The number of H-pyrrole nitrogens is 1. The molecule has 0 radical (unpaired) electrons. The topological polar surface area (TPSA) is 139 Å². The Morgan fingerprint density at radius 1 is 1.19 bits per heavy atom. The Morgan fingerprint density at radius 2 is 1.90 bits per heavy atom. The van der Waals surface area contributed by atoms with Crippen molar-refractivity contribution in [2.45, 2.75) is 4.90 Å². The van der Waals surface area contributed by atoms with Crippen molar-refractivity contribution in [1.82, 2.24) is 14.9 Å². The van der Waals surface area contributed by atoms with Crippen LogP contribution in [0.2, 0.25) is 0 Å². The number of amides is 1. The number of anilines is 1. The minimum Gasteiger partial charge on any atom is -0.378 e. The van der Waals surface area contributed by atoms with Crippen LogP contribution in [0, 0.1) is 14.9 Å². The van der Waals surface area contributed by atoms with Crippen LogP contribution < -0.4 is 10.6 Å². The van der Waals surface area contributed by atoms with Crippen LogP contribution >= 0.6 is 12.2 Å². The lowest BCUT2D eigenvalue weighted by Crippen LogP contribution is -2.30. The van der Waals surface area contributed by atoms with E-state index >= 15 is 0 Å². The molecule has 1 aromatic heterocycles. The summed E-state index contributed by atoms with van der Waals surface area (Å²) in [5, 5.41) is 16.9. The monoisotopic (exact) mass is 461 g/mol. The minimum absolute atomic E-state index is 0.143. The van der Waals surface area contributed by atoms with Gasteiger partial charge in [-0.25, -0.2) is 8.42 Å². The summed E-state index contributed by atoms with van der Waals surface area (Å²) in [5.41, 5.74) is 0.844. The third-order valence-corrected chi connectivity index (χ3v) is 5.75. The number of sulfone groups is 1. The predicted octanol–water partition coefficient (Wildman–Crippen LogP) is 2.69. The van der Waals surface area contributed by atoms with Gasteiger partial charge >= 0.3 is 0 Å². The van der Waals surface area contributed by atoms with E-state index < -0.39 is 14.8 Å². The number of para-hydroxylation sites is 1. The summed E-state index contributed by atoms with van der Waals surface area (Å²) >= 11 is 5.26. The van der Waals surface area contributed by atoms with E-state index in [1.54, 1.807) is 4.57 Å². The van der Waals surface area contributed by atoms with Gasteiger partial charge in [0.25, 0.3) is 11.6 Å². The van der Waals surface area contributed by atoms with E-state index in [4.69, 9.17) is 12.2 Å².